The molecule has 0 bridgehead atoms. The van der Waals surface area contributed by atoms with Gasteiger partial charge in [-0.3, -0.25) is 9.59 Å². The molecule has 5 heteroatoms. The van der Waals surface area contributed by atoms with Crippen molar-refractivity contribution in [3.05, 3.63) is 0 Å². The van der Waals surface area contributed by atoms with Crippen LogP contribution in [0.3, 0.4) is 0 Å². The van der Waals surface area contributed by atoms with E-state index in [4.69, 9.17) is 5.11 Å². The Balaban J connectivity index is 3.41. The number of rotatable bonds is 7. The maximum absolute atomic E-state index is 10.9. The molecule has 0 aliphatic rings. The number of amides is 1. The molecule has 0 spiro atoms. The summed E-state index contributed by atoms with van der Waals surface area (Å²) < 4.78 is 0. The predicted molar refractivity (Wildman–Crippen MR) is 53.1 cm³/mol. The van der Waals surface area contributed by atoms with Crippen LogP contribution in [0.5, 0.6) is 0 Å². The summed E-state index contributed by atoms with van der Waals surface area (Å²) >= 11 is 0. The van der Waals surface area contributed by atoms with Crippen LogP contribution in [0.2, 0.25) is 0 Å². The van der Waals surface area contributed by atoms with Gasteiger partial charge in [0, 0.05) is 26.4 Å². The van der Waals surface area contributed by atoms with Crippen LogP contribution in [0.1, 0.15) is 19.3 Å². The van der Waals surface area contributed by atoms with Gasteiger partial charge in [0.2, 0.25) is 5.91 Å². The van der Waals surface area contributed by atoms with Gasteiger partial charge in [0.25, 0.3) is 0 Å². The zero-order valence-electron chi connectivity index (χ0n) is 8.75. The van der Waals surface area contributed by atoms with Crippen molar-refractivity contribution in [2.75, 3.05) is 27.2 Å². The number of nitrogens with zero attached hydrogens (tertiary/aromatic N) is 1. The average Bonchev–Trinajstić information content (AvgIpc) is 2.13. The minimum atomic E-state index is -0.773. The van der Waals surface area contributed by atoms with E-state index >= 15 is 0 Å². The fourth-order valence-electron chi connectivity index (χ4n) is 1.03. The van der Waals surface area contributed by atoms with Gasteiger partial charge in [-0.25, -0.2) is 0 Å². The molecule has 1 amide bonds. The van der Waals surface area contributed by atoms with E-state index in [0.717, 1.165) is 0 Å². The second-order valence-corrected chi connectivity index (χ2v) is 3.22. The molecule has 0 aliphatic carbocycles. The van der Waals surface area contributed by atoms with Crippen LogP contribution in [0.25, 0.3) is 0 Å². The second-order valence-electron chi connectivity index (χ2n) is 3.22. The molecule has 0 rings (SSSR count). The number of carbonyl (C=O) groups excluding carboxylic acids is 1. The van der Waals surface area contributed by atoms with Gasteiger partial charge in [0.1, 0.15) is 0 Å². The zero-order valence-corrected chi connectivity index (χ0v) is 8.75. The number of aliphatic carboxylic acids is 1. The molecule has 5 nitrogen and oxygen atoms in total. The molecule has 2 N–H and O–H groups in total. The molecule has 0 aromatic heterocycles. The highest BCUT2D eigenvalue weighted by Crippen LogP contribution is 1.94. The molecule has 0 aliphatic heterocycles. The largest absolute Gasteiger partial charge is 0.481 e. The summed E-state index contributed by atoms with van der Waals surface area (Å²) in [5, 5.41) is 10.9. The SMILES string of the molecule is CNC(=O)CCN(C)CCCC(=O)O. The van der Waals surface area contributed by atoms with E-state index in [2.05, 4.69) is 5.32 Å². The van der Waals surface area contributed by atoms with Gasteiger partial charge in [-0.1, -0.05) is 0 Å². The predicted octanol–water partition coefficient (Wildman–Crippen LogP) is -0.0809. The molecule has 0 aromatic rings. The Labute approximate surface area is 84.1 Å². The van der Waals surface area contributed by atoms with Crippen molar-refractivity contribution in [3.8, 4) is 0 Å². The van der Waals surface area contributed by atoms with Crippen LogP contribution < -0.4 is 5.32 Å². The Hall–Kier alpha value is -1.10. The first kappa shape index (κ1) is 12.9. The fourth-order valence-corrected chi connectivity index (χ4v) is 1.03. The van der Waals surface area contributed by atoms with E-state index in [1.807, 2.05) is 11.9 Å². The van der Waals surface area contributed by atoms with Crippen LogP contribution in [-0.4, -0.2) is 49.1 Å². The molecular weight excluding hydrogens is 184 g/mol. The molecule has 0 atom stereocenters. The summed E-state index contributed by atoms with van der Waals surface area (Å²) in [6.45, 7) is 1.38. The molecule has 0 radical (unpaired) electrons. The monoisotopic (exact) mass is 202 g/mol. The van der Waals surface area contributed by atoms with Crippen molar-refractivity contribution >= 4 is 11.9 Å². The smallest absolute Gasteiger partial charge is 0.303 e. The summed E-state index contributed by atoms with van der Waals surface area (Å²) in [5.41, 5.74) is 0. The maximum Gasteiger partial charge on any atom is 0.303 e. The maximum atomic E-state index is 10.9. The minimum absolute atomic E-state index is 0.00934. The third-order valence-corrected chi connectivity index (χ3v) is 1.93. The van der Waals surface area contributed by atoms with Crippen LogP contribution in [0.15, 0.2) is 0 Å². The Bertz CT molecular complexity index is 194. The van der Waals surface area contributed by atoms with E-state index < -0.39 is 5.97 Å². The average molecular weight is 202 g/mol. The lowest BCUT2D eigenvalue weighted by Crippen LogP contribution is -2.27. The fraction of sp³-hybridized carbons (Fsp3) is 0.778. The third kappa shape index (κ3) is 7.54. The molecule has 0 unspecified atom stereocenters. The Kier molecular flexibility index (Phi) is 6.74. The van der Waals surface area contributed by atoms with Crippen molar-refractivity contribution in [1.82, 2.24) is 10.2 Å². The number of carbonyl (C=O) groups is 2. The number of carboxylic acids is 1. The van der Waals surface area contributed by atoms with E-state index in [1.54, 1.807) is 7.05 Å². The summed E-state index contributed by atoms with van der Waals surface area (Å²) in [4.78, 5) is 23.0. The third-order valence-electron chi connectivity index (χ3n) is 1.93. The quantitative estimate of drug-likeness (QED) is 0.606. The lowest BCUT2D eigenvalue weighted by Gasteiger charge is -2.14. The molecule has 0 aromatic carbocycles. The highest BCUT2D eigenvalue weighted by Gasteiger charge is 2.03. The summed E-state index contributed by atoms with van der Waals surface area (Å²) in [7, 11) is 3.48. The summed E-state index contributed by atoms with van der Waals surface area (Å²) in [6, 6.07) is 0. The topological polar surface area (TPSA) is 69.6 Å². The highest BCUT2D eigenvalue weighted by molar-refractivity contribution is 5.75. The van der Waals surface area contributed by atoms with Gasteiger partial charge in [-0.05, 0) is 20.0 Å². The van der Waals surface area contributed by atoms with Crippen LogP contribution >= 0.6 is 0 Å². The first-order valence-corrected chi connectivity index (χ1v) is 4.67. The van der Waals surface area contributed by atoms with Gasteiger partial charge >= 0.3 is 5.97 Å². The van der Waals surface area contributed by atoms with Gasteiger partial charge in [0.05, 0.1) is 0 Å². The standard InChI is InChI=1S/C9H18N2O3/c1-10-8(12)5-7-11(2)6-3-4-9(13)14/h3-7H2,1-2H3,(H,10,12)(H,13,14). The Morgan fingerprint density at radius 1 is 1.29 bits per heavy atom. The van der Waals surface area contributed by atoms with Gasteiger partial charge in [0.15, 0.2) is 0 Å². The van der Waals surface area contributed by atoms with Crippen molar-refractivity contribution in [1.29, 1.82) is 0 Å². The van der Waals surface area contributed by atoms with Crippen molar-refractivity contribution < 1.29 is 14.7 Å². The highest BCUT2D eigenvalue weighted by atomic mass is 16.4. The van der Waals surface area contributed by atoms with Crippen LogP contribution in [0.4, 0.5) is 0 Å². The zero-order chi connectivity index (χ0) is 11.0. The van der Waals surface area contributed by atoms with Crippen molar-refractivity contribution in [3.63, 3.8) is 0 Å². The van der Waals surface area contributed by atoms with Gasteiger partial charge in [-0.2, -0.15) is 0 Å². The molecular formula is C9H18N2O3. The van der Waals surface area contributed by atoms with Crippen molar-refractivity contribution in [2.45, 2.75) is 19.3 Å². The number of carboxylic acid groups (broad SMARTS) is 1. The Morgan fingerprint density at radius 3 is 2.43 bits per heavy atom. The molecule has 0 heterocycles. The molecule has 14 heavy (non-hydrogen) atoms. The number of nitrogens with one attached hydrogen (secondary N) is 1. The van der Waals surface area contributed by atoms with Crippen molar-refractivity contribution in [2.24, 2.45) is 0 Å². The van der Waals surface area contributed by atoms with E-state index in [1.165, 1.54) is 0 Å². The normalized spacial score (nSPS) is 10.2. The summed E-state index contributed by atoms with van der Waals surface area (Å²) in [6.07, 6.45) is 1.27. The van der Waals surface area contributed by atoms with E-state index in [-0.39, 0.29) is 12.3 Å². The van der Waals surface area contributed by atoms with E-state index in [9.17, 15) is 9.59 Å². The van der Waals surface area contributed by atoms with E-state index in [0.29, 0.717) is 25.9 Å². The molecule has 82 valence electrons. The van der Waals surface area contributed by atoms with Crippen LogP contribution in [-0.2, 0) is 9.59 Å². The molecule has 0 saturated carbocycles. The first-order chi connectivity index (χ1) is 6.56. The summed E-state index contributed by atoms with van der Waals surface area (Å²) in [5.74, 6) is -0.764. The first-order valence-electron chi connectivity index (χ1n) is 4.67. The molecule has 0 fully saturated rings. The van der Waals surface area contributed by atoms with Crippen LogP contribution in [0, 0.1) is 0 Å². The minimum Gasteiger partial charge on any atom is -0.481 e. The Morgan fingerprint density at radius 2 is 1.93 bits per heavy atom. The molecule has 0 saturated heterocycles. The van der Waals surface area contributed by atoms with Gasteiger partial charge < -0.3 is 15.3 Å². The second kappa shape index (κ2) is 7.32. The number of hydrogen-bond acceptors (Lipinski definition) is 3. The lowest BCUT2D eigenvalue weighted by molar-refractivity contribution is -0.137. The van der Waals surface area contributed by atoms with Gasteiger partial charge in [-0.15, -0.1) is 0 Å². The lowest BCUT2D eigenvalue weighted by atomic mass is 10.3. The number of hydrogen-bond donors (Lipinski definition) is 2.